The molecule has 0 saturated carbocycles. The molecule has 0 N–H and O–H groups in total. The number of pyridine rings is 2. The molecule has 0 aliphatic heterocycles. The second kappa shape index (κ2) is 4.28. The maximum absolute atomic E-state index is 4.23. The van der Waals surface area contributed by atoms with Crippen LogP contribution in [0.15, 0.2) is 53.9 Å². The Morgan fingerprint density at radius 3 is 2.79 bits per heavy atom. The fourth-order valence-electron chi connectivity index (χ4n) is 1.02. The molecule has 14 heavy (non-hydrogen) atoms. The Hall–Kier alpha value is -2.03. The van der Waals surface area contributed by atoms with Gasteiger partial charge in [0.05, 0.1) is 23.8 Å². The topological polar surface area (TPSA) is 38.1 Å². The highest BCUT2D eigenvalue weighted by atomic mass is 14.8. The van der Waals surface area contributed by atoms with Crippen molar-refractivity contribution in [3.05, 3.63) is 54.6 Å². The minimum Gasteiger partial charge on any atom is -0.262 e. The van der Waals surface area contributed by atoms with Crippen LogP contribution in [0.3, 0.4) is 0 Å². The lowest BCUT2D eigenvalue weighted by molar-refractivity contribution is 1.28. The van der Waals surface area contributed by atoms with Crippen molar-refractivity contribution in [2.45, 2.75) is 0 Å². The summed E-state index contributed by atoms with van der Waals surface area (Å²) in [6.45, 7) is 0. The van der Waals surface area contributed by atoms with Gasteiger partial charge in [-0.05, 0) is 24.3 Å². The molecule has 0 saturated heterocycles. The maximum Gasteiger partial charge on any atom is 0.0813 e. The zero-order chi connectivity index (χ0) is 9.64. The smallest absolute Gasteiger partial charge is 0.0813 e. The largest absolute Gasteiger partial charge is 0.262 e. The summed E-state index contributed by atoms with van der Waals surface area (Å²) in [5, 5.41) is 0. The maximum atomic E-state index is 4.23. The van der Waals surface area contributed by atoms with Gasteiger partial charge in [0.2, 0.25) is 0 Å². The molecule has 3 heteroatoms. The van der Waals surface area contributed by atoms with E-state index in [2.05, 4.69) is 15.0 Å². The Bertz CT molecular complexity index is 368. The molecule has 0 radical (unpaired) electrons. The van der Waals surface area contributed by atoms with Crippen molar-refractivity contribution < 1.29 is 0 Å². The Morgan fingerprint density at radius 2 is 2.07 bits per heavy atom. The van der Waals surface area contributed by atoms with Gasteiger partial charge in [0.15, 0.2) is 0 Å². The molecule has 2 aromatic rings. The first-order valence-electron chi connectivity index (χ1n) is 4.30. The van der Waals surface area contributed by atoms with E-state index in [0.29, 0.717) is 0 Å². The molecule has 0 spiro atoms. The quantitative estimate of drug-likeness (QED) is 0.669. The summed E-state index contributed by atoms with van der Waals surface area (Å²) < 4.78 is 0. The summed E-state index contributed by atoms with van der Waals surface area (Å²) in [5.74, 6) is 0. The molecule has 0 amide bonds. The Labute approximate surface area is 82.2 Å². The van der Waals surface area contributed by atoms with Crippen LogP contribution in [0.2, 0.25) is 0 Å². The molecule has 0 atom stereocenters. The fourth-order valence-corrected chi connectivity index (χ4v) is 1.02. The van der Waals surface area contributed by atoms with Crippen molar-refractivity contribution in [1.29, 1.82) is 0 Å². The van der Waals surface area contributed by atoms with E-state index in [4.69, 9.17) is 0 Å². The Morgan fingerprint density at radius 1 is 1.07 bits per heavy atom. The average molecular weight is 183 g/mol. The normalized spacial score (nSPS) is 10.6. The van der Waals surface area contributed by atoms with Gasteiger partial charge in [-0.1, -0.05) is 6.07 Å². The van der Waals surface area contributed by atoms with Crippen LogP contribution in [0, 0.1) is 0 Å². The summed E-state index contributed by atoms with van der Waals surface area (Å²) in [7, 11) is 0. The van der Waals surface area contributed by atoms with Crippen LogP contribution in [0.25, 0.3) is 0 Å². The van der Waals surface area contributed by atoms with Crippen molar-refractivity contribution in [3.63, 3.8) is 0 Å². The number of rotatable bonds is 2. The number of hydrogen-bond acceptors (Lipinski definition) is 3. The second-order valence-corrected chi connectivity index (χ2v) is 2.72. The average Bonchev–Trinajstić information content (AvgIpc) is 2.29. The van der Waals surface area contributed by atoms with Crippen molar-refractivity contribution in [1.82, 2.24) is 9.97 Å². The lowest BCUT2D eigenvalue weighted by Crippen LogP contribution is -1.83. The van der Waals surface area contributed by atoms with Gasteiger partial charge in [-0.2, -0.15) is 0 Å². The zero-order valence-electron chi connectivity index (χ0n) is 7.54. The second-order valence-electron chi connectivity index (χ2n) is 2.72. The third kappa shape index (κ3) is 2.23. The predicted molar refractivity (Wildman–Crippen MR) is 55.7 cm³/mol. The van der Waals surface area contributed by atoms with Gasteiger partial charge in [-0.25, -0.2) is 0 Å². The van der Waals surface area contributed by atoms with Gasteiger partial charge >= 0.3 is 0 Å². The minimum absolute atomic E-state index is 0.832. The van der Waals surface area contributed by atoms with Crippen LogP contribution in [0.4, 0.5) is 5.69 Å². The lowest BCUT2D eigenvalue weighted by Gasteiger charge is -1.91. The summed E-state index contributed by atoms with van der Waals surface area (Å²) in [6, 6.07) is 9.45. The molecular formula is C11H9N3. The monoisotopic (exact) mass is 183 g/mol. The van der Waals surface area contributed by atoms with E-state index in [1.54, 1.807) is 24.8 Å². The molecule has 68 valence electrons. The molecule has 2 heterocycles. The summed E-state index contributed by atoms with van der Waals surface area (Å²) in [4.78, 5) is 12.3. The first kappa shape index (κ1) is 8.56. The highest BCUT2D eigenvalue weighted by Crippen LogP contribution is 2.06. The SMILES string of the molecule is C(=Nc1cccnc1)c1ccccn1. The molecular weight excluding hydrogens is 174 g/mol. The van der Waals surface area contributed by atoms with Crippen molar-refractivity contribution >= 4 is 11.9 Å². The van der Waals surface area contributed by atoms with E-state index in [-0.39, 0.29) is 0 Å². The van der Waals surface area contributed by atoms with Gasteiger partial charge in [0, 0.05) is 12.4 Å². The van der Waals surface area contributed by atoms with E-state index < -0.39 is 0 Å². The third-order valence-corrected chi connectivity index (χ3v) is 1.68. The van der Waals surface area contributed by atoms with Crippen LogP contribution < -0.4 is 0 Å². The van der Waals surface area contributed by atoms with Gasteiger partial charge in [-0.3, -0.25) is 15.0 Å². The summed E-state index contributed by atoms with van der Waals surface area (Å²) in [6.07, 6.45) is 6.89. The van der Waals surface area contributed by atoms with Gasteiger partial charge in [0.1, 0.15) is 0 Å². The predicted octanol–water partition coefficient (Wildman–Crippen LogP) is 2.23. The van der Waals surface area contributed by atoms with Crippen LogP contribution in [-0.4, -0.2) is 16.2 Å². The highest BCUT2D eigenvalue weighted by Gasteiger charge is 1.87. The zero-order valence-corrected chi connectivity index (χ0v) is 7.54. The number of aromatic nitrogens is 2. The van der Waals surface area contributed by atoms with E-state index in [9.17, 15) is 0 Å². The first-order chi connectivity index (χ1) is 6.95. The molecule has 0 fully saturated rings. The molecule has 2 rings (SSSR count). The van der Waals surface area contributed by atoms with Crippen LogP contribution in [0.5, 0.6) is 0 Å². The van der Waals surface area contributed by atoms with Gasteiger partial charge in [-0.15, -0.1) is 0 Å². The minimum atomic E-state index is 0.832. The molecule has 2 aromatic heterocycles. The highest BCUT2D eigenvalue weighted by molar-refractivity contribution is 5.79. The van der Waals surface area contributed by atoms with Gasteiger partial charge < -0.3 is 0 Å². The van der Waals surface area contributed by atoms with Gasteiger partial charge in [0.25, 0.3) is 0 Å². The van der Waals surface area contributed by atoms with Crippen LogP contribution in [0.1, 0.15) is 5.69 Å². The molecule has 0 aromatic carbocycles. The van der Waals surface area contributed by atoms with E-state index >= 15 is 0 Å². The first-order valence-corrected chi connectivity index (χ1v) is 4.30. The molecule has 0 bridgehead atoms. The van der Waals surface area contributed by atoms with Crippen molar-refractivity contribution in [3.8, 4) is 0 Å². The number of hydrogen-bond donors (Lipinski definition) is 0. The van der Waals surface area contributed by atoms with E-state index in [1.165, 1.54) is 0 Å². The van der Waals surface area contributed by atoms with Crippen LogP contribution >= 0.6 is 0 Å². The summed E-state index contributed by atoms with van der Waals surface area (Å²) in [5.41, 5.74) is 1.68. The van der Waals surface area contributed by atoms with Crippen LogP contribution in [-0.2, 0) is 0 Å². The third-order valence-electron chi connectivity index (χ3n) is 1.68. The Balaban J connectivity index is 2.16. The van der Waals surface area contributed by atoms with Crippen molar-refractivity contribution in [2.75, 3.05) is 0 Å². The summed E-state index contributed by atoms with van der Waals surface area (Å²) >= 11 is 0. The number of aliphatic imine (C=N–C) groups is 1. The standard InChI is InChI=1S/C11H9N3/c1-2-7-13-11(4-1)9-14-10-5-3-6-12-8-10/h1-9H. The van der Waals surface area contributed by atoms with E-state index in [0.717, 1.165) is 11.4 Å². The fraction of sp³-hybridized carbons (Fsp3) is 0. The molecule has 0 aliphatic rings. The number of nitrogens with zero attached hydrogens (tertiary/aromatic N) is 3. The molecule has 0 unspecified atom stereocenters. The molecule has 0 aliphatic carbocycles. The van der Waals surface area contributed by atoms with Crippen molar-refractivity contribution in [2.24, 2.45) is 4.99 Å². The molecule has 3 nitrogen and oxygen atoms in total. The Kier molecular flexibility index (Phi) is 2.62. The lowest BCUT2D eigenvalue weighted by atomic mass is 10.4. The van der Waals surface area contributed by atoms with E-state index in [1.807, 2.05) is 30.3 Å².